The number of rotatable bonds is 23. The lowest BCUT2D eigenvalue weighted by Crippen LogP contribution is -2.56. The van der Waals surface area contributed by atoms with Crippen LogP contribution in [0.3, 0.4) is 0 Å². The monoisotopic (exact) mass is 939 g/mol. The summed E-state index contributed by atoms with van der Waals surface area (Å²) in [5.74, 6) is -2.96. The van der Waals surface area contributed by atoms with E-state index in [2.05, 4.69) is 53.4 Å². The van der Waals surface area contributed by atoms with Crippen molar-refractivity contribution in [1.82, 2.24) is 31.5 Å². The Morgan fingerprint density at radius 1 is 0.923 bits per heavy atom. The molecule has 0 bridgehead atoms. The molecule has 18 nitrogen and oxygen atoms in total. The lowest BCUT2D eigenvalue weighted by molar-refractivity contribution is -0.145. The first-order valence-corrected chi connectivity index (χ1v) is 24.7. The third kappa shape index (κ3) is 16.1. The van der Waals surface area contributed by atoms with Gasteiger partial charge in [0.2, 0.25) is 29.5 Å². The Balaban J connectivity index is 0.00000553. The van der Waals surface area contributed by atoms with Crippen molar-refractivity contribution >= 4 is 53.4 Å². The molecule has 1 spiro atoms. The Morgan fingerprint density at radius 2 is 1.58 bits per heavy atom. The number of alkyl carbamates (subject to hydrolysis) is 1. The van der Waals surface area contributed by atoms with E-state index in [1.54, 1.807) is 7.11 Å². The first-order valence-electron chi connectivity index (χ1n) is 23.3. The van der Waals surface area contributed by atoms with Gasteiger partial charge < -0.3 is 55.2 Å². The van der Waals surface area contributed by atoms with Gasteiger partial charge in [-0.15, -0.1) is 0 Å². The van der Waals surface area contributed by atoms with Gasteiger partial charge in [-0.25, -0.2) is 4.79 Å². The predicted molar refractivity (Wildman–Crippen MR) is 247 cm³/mol. The number of carbonyl (C=O) groups is 7. The van der Waals surface area contributed by atoms with Crippen molar-refractivity contribution < 1.29 is 57.2 Å². The highest BCUT2D eigenvalue weighted by molar-refractivity contribution is 7.98. The van der Waals surface area contributed by atoms with Gasteiger partial charge in [0.1, 0.15) is 54.7 Å². The molecular formula is C46H78N6O12S. The maximum Gasteiger partial charge on any atom is 0.407 e. The number of amides is 6. The van der Waals surface area contributed by atoms with E-state index in [1.807, 2.05) is 47.8 Å². The SMILES string of the molecule is CC.CO[C@@H]1[C@H](OC(=O)N[C@@H](COC(=O)CNC(=O)[C@H](CCSC)NC(=O)CNC(=O)[C@H](CC(C)C)NC(=O)[C@@H]2CCCN2C(C)=O)C(C)C)CC[C@]2(CO2)[C@H]1[C@]1(C)O[C@@H]1CC=C(C)C. The molecule has 0 radical (unpaired) electrons. The summed E-state index contributed by atoms with van der Waals surface area (Å²) in [5, 5.41) is 13.3. The maximum absolute atomic E-state index is 13.3. The highest BCUT2D eigenvalue weighted by Crippen LogP contribution is 2.59. The molecule has 3 aliphatic heterocycles. The Morgan fingerprint density at radius 3 is 2.17 bits per heavy atom. The van der Waals surface area contributed by atoms with Crippen molar-refractivity contribution in [1.29, 1.82) is 0 Å². The third-order valence-electron chi connectivity index (χ3n) is 12.4. The highest BCUT2D eigenvalue weighted by Gasteiger charge is 2.72. The Hall–Kier alpha value is -3.94. The van der Waals surface area contributed by atoms with E-state index in [0.29, 0.717) is 51.0 Å². The van der Waals surface area contributed by atoms with Gasteiger partial charge in [-0.3, -0.25) is 28.8 Å². The van der Waals surface area contributed by atoms with Crippen molar-refractivity contribution in [2.75, 3.05) is 52.0 Å². The summed E-state index contributed by atoms with van der Waals surface area (Å²) in [6.45, 7) is 19.0. The summed E-state index contributed by atoms with van der Waals surface area (Å²) < 4.78 is 29.7. The Kier molecular flexibility index (Phi) is 22.0. The molecular weight excluding hydrogens is 861 g/mol. The minimum absolute atomic E-state index is 0.00789. The van der Waals surface area contributed by atoms with Gasteiger partial charge in [-0.1, -0.05) is 53.2 Å². The lowest BCUT2D eigenvalue weighted by atomic mass is 9.68. The molecule has 3 heterocycles. The van der Waals surface area contributed by atoms with Gasteiger partial charge in [-0.2, -0.15) is 11.8 Å². The summed E-state index contributed by atoms with van der Waals surface area (Å²) in [6, 6.07) is -3.22. The molecule has 1 aliphatic carbocycles. The summed E-state index contributed by atoms with van der Waals surface area (Å²) in [7, 11) is 1.61. The number of hydrogen-bond donors (Lipinski definition) is 5. The average molecular weight is 939 g/mol. The van der Waals surface area contributed by atoms with Crippen LogP contribution in [0, 0.1) is 17.8 Å². The van der Waals surface area contributed by atoms with E-state index in [9.17, 15) is 33.6 Å². The van der Waals surface area contributed by atoms with Crippen LogP contribution >= 0.6 is 11.8 Å². The second-order valence-corrected chi connectivity index (χ2v) is 19.4. The molecule has 3 saturated heterocycles. The fraction of sp³-hybridized carbons (Fsp3) is 0.804. The van der Waals surface area contributed by atoms with Crippen LogP contribution in [-0.2, 0) is 52.5 Å². The van der Waals surface area contributed by atoms with Crippen molar-refractivity contribution in [3.63, 3.8) is 0 Å². The van der Waals surface area contributed by atoms with E-state index in [0.717, 1.165) is 6.42 Å². The highest BCUT2D eigenvalue weighted by atomic mass is 32.2. The van der Waals surface area contributed by atoms with Gasteiger partial charge in [0.15, 0.2) is 0 Å². The third-order valence-corrected chi connectivity index (χ3v) is 13.1. The average Bonchev–Trinajstić information content (AvgIpc) is 4.10. The quantitative estimate of drug-likeness (QED) is 0.0562. The molecule has 4 rings (SSSR count). The number of epoxide rings is 2. The molecule has 0 aromatic heterocycles. The molecule has 6 amide bonds. The number of likely N-dealkylation sites (tertiary alicyclic amines) is 1. The predicted octanol–water partition coefficient (Wildman–Crippen LogP) is 3.40. The number of hydrogen-bond acceptors (Lipinski definition) is 13. The van der Waals surface area contributed by atoms with Gasteiger partial charge in [0.25, 0.3) is 0 Å². The molecule has 10 atom stereocenters. The largest absolute Gasteiger partial charge is 0.462 e. The first kappa shape index (κ1) is 55.4. The van der Waals surface area contributed by atoms with Crippen molar-refractivity contribution in [3.05, 3.63) is 11.6 Å². The van der Waals surface area contributed by atoms with E-state index in [-0.39, 0.29) is 48.4 Å². The molecule has 1 saturated carbocycles. The van der Waals surface area contributed by atoms with Crippen LogP contribution in [-0.4, -0.2) is 152 Å². The van der Waals surface area contributed by atoms with Crippen LogP contribution < -0.4 is 26.6 Å². The second kappa shape index (κ2) is 25.8. The molecule has 0 aromatic rings. The number of ether oxygens (including phenoxy) is 5. The zero-order chi connectivity index (χ0) is 48.6. The van der Waals surface area contributed by atoms with Crippen LogP contribution in [0.5, 0.6) is 0 Å². The molecule has 0 aromatic carbocycles. The topological polar surface area (TPSA) is 236 Å². The number of carbonyl (C=O) groups excluding carboxylic acids is 7. The van der Waals surface area contributed by atoms with E-state index >= 15 is 0 Å². The normalized spacial score (nSPS) is 26.7. The summed E-state index contributed by atoms with van der Waals surface area (Å²) in [5.41, 5.74) is 0.354. The second-order valence-electron chi connectivity index (χ2n) is 18.4. The molecule has 5 N–H and O–H groups in total. The van der Waals surface area contributed by atoms with Crippen LogP contribution in [0.2, 0.25) is 0 Å². The van der Waals surface area contributed by atoms with Gasteiger partial charge in [-0.05, 0) is 89.6 Å². The van der Waals surface area contributed by atoms with E-state index in [4.69, 9.17) is 23.7 Å². The first-order chi connectivity index (χ1) is 30.7. The van der Waals surface area contributed by atoms with Gasteiger partial charge >= 0.3 is 12.1 Å². The van der Waals surface area contributed by atoms with E-state index in [1.165, 1.54) is 29.2 Å². The summed E-state index contributed by atoms with van der Waals surface area (Å²) in [4.78, 5) is 92.1. The number of nitrogens with one attached hydrogen (secondary N) is 5. The fourth-order valence-electron chi connectivity index (χ4n) is 8.74. The number of esters is 1. The molecule has 370 valence electrons. The fourth-order valence-corrected chi connectivity index (χ4v) is 9.21. The van der Waals surface area contributed by atoms with Crippen LogP contribution in [0.4, 0.5) is 4.79 Å². The summed E-state index contributed by atoms with van der Waals surface area (Å²) in [6.07, 6.45) is 6.07. The lowest BCUT2D eigenvalue weighted by Gasteiger charge is -2.42. The Labute approximate surface area is 390 Å². The van der Waals surface area contributed by atoms with Crippen LogP contribution in [0.15, 0.2) is 11.6 Å². The summed E-state index contributed by atoms with van der Waals surface area (Å²) >= 11 is 1.46. The molecule has 19 heteroatoms. The zero-order valence-corrected chi connectivity index (χ0v) is 41.6. The van der Waals surface area contributed by atoms with Crippen LogP contribution in [0.1, 0.15) is 114 Å². The molecule has 4 aliphatic rings. The van der Waals surface area contributed by atoms with Crippen molar-refractivity contribution in [2.24, 2.45) is 17.8 Å². The molecule has 65 heavy (non-hydrogen) atoms. The van der Waals surface area contributed by atoms with Crippen molar-refractivity contribution in [3.8, 4) is 0 Å². The number of allylic oxidation sites excluding steroid dienone is 1. The van der Waals surface area contributed by atoms with Crippen LogP contribution in [0.25, 0.3) is 0 Å². The standard InChI is InChI=1S/C44H72N6O12S.C2H6/c1-25(2)13-14-34-43(8,62-34)38-37(58-9)33(15-17-44(38)24-60-44)61-42(57)49-31(27(5)6)23-59-36(53)22-46-39(54)29(16-19-63-10)47-35(52)21-45-40(55)30(20-26(3)4)48-41(56)32-12-11-18-50(32)28(7)51;1-2/h13,26-27,29-34,37-38H,11-12,14-24H2,1-10H3,(H,45,55)(H,46,54)(H,47,52)(H,48,56)(H,49,57);1-2H3/t29-,30-,31-,32-,33+,34+,37+,38+,43+,44-;/m0./s1. The number of methoxy groups -OCH3 is 1. The number of nitrogens with zero attached hydrogens (tertiary/aromatic N) is 1. The van der Waals surface area contributed by atoms with Gasteiger partial charge in [0, 0.05) is 20.6 Å². The maximum atomic E-state index is 13.3. The minimum atomic E-state index is -1.02. The molecule has 0 unspecified atom stereocenters. The smallest absolute Gasteiger partial charge is 0.407 e. The zero-order valence-electron chi connectivity index (χ0n) is 40.8. The molecule has 4 fully saturated rings. The number of thioether (sulfide) groups is 1. The van der Waals surface area contributed by atoms with E-state index < -0.39 is 90.8 Å². The van der Waals surface area contributed by atoms with Gasteiger partial charge in [0.05, 0.1) is 31.2 Å². The minimum Gasteiger partial charge on any atom is -0.462 e. The Bertz CT molecular complexity index is 1670. The van der Waals surface area contributed by atoms with Crippen molar-refractivity contribution in [2.45, 2.75) is 168 Å².